The fourth-order valence-corrected chi connectivity index (χ4v) is 4.49. The standard InChI is InChI=1S/C27H43N9O7/c28-11-5-4-9-18-24(41)34-17(10-6-12-31-27(29)30)23(40)32-15-21(37)33-20(14-22(38)39)26(43)36-19(25(42)35-18)13-16-7-2-1-3-8-16/h1-3,7-8,17-20,25,35,42H,4-6,9-15,28H2,(H,32,40)(H,33,37)(H,34,41)(H,36,43)(H,38,39)(H4,29,30,31)/t17-,18+,19-,20-,25?/m0/s1. The molecule has 1 saturated heterocycles. The molecule has 43 heavy (non-hydrogen) atoms. The minimum atomic E-state index is -1.51. The Balaban J connectivity index is 2.42. The molecule has 1 aliphatic rings. The highest BCUT2D eigenvalue weighted by molar-refractivity contribution is 5.94. The molecular weight excluding hydrogens is 562 g/mol. The molecule has 0 saturated carbocycles. The van der Waals surface area contributed by atoms with Crippen molar-refractivity contribution in [2.45, 2.75) is 75.3 Å². The fourth-order valence-electron chi connectivity index (χ4n) is 4.49. The quantitative estimate of drug-likeness (QED) is 0.0647. The van der Waals surface area contributed by atoms with Gasteiger partial charge in [0.25, 0.3) is 0 Å². The van der Waals surface area contributed by atoms with E-state index in [-0.39, 0.29) is 31.8 Å². The predicted molar refractivity (Wildman–Crippen MR) is 156 cm³/mol. The number of hydrogen-bond acceptors (Lipinski definition) is 9. The van der Waals surface area contributed by atoms with Crippen molar-refractivity contribution in [3.05, 3.63) is 35.9 Å². The van der Waals surface area contributed by atoms with E-state index in [0.29, 0.717) is 25.8 Å². The van der Waals surface area contributed by atoms with E-state index >= 15 is 0 Å². The van der Waals surface area contributed by atoms with Crippen LogP contribution < -0.4 is 43.4 Å². The number of rotatable bonds is 12. The van der Waals surface area contributed by atoms with Crippen LogP contribution in [-0.4, -0.2) is 95.8 Å². The Morgan fingerprint density at radius 1 is 0.930 bits per heavy atom. The third-order valence-electron chi connectivity index (χ3n) is 6.71. The minimum Gasteiger partial charge on any atom is -0.481 e. The van der Waals surface area contributed by atoms with Crippen molar-refractivity contribution in [2.75, 3.05) is 19.6 Å². The molecular formula is C27H43N9O7. The third-order valence-corrected chi connectivity index (χ3v) is 6.71. The molecule has 5 atom stereocenters. The Morgan fingerprint density at radius 2 is 1.60 bits per heavy atom. The molecule has 0 aromatic heterocycles. The van der Waals surface area contributed by atoms with Crippen molar-refractivity contribution in [1.82, 2.24) is 31.9 Å². The first-order chi connectivity index (χ1) is 20.5. The molecule has 1 heterocycles. The number of unbranched alkanes of at least 4 members (excludes halogenated alkanes) is 1. The Morgan fingerprint density at radius 3 is 2.26 bits per heavy atom. The van der Waals surface area contributed by atoms with Gasteiger partial charge in [-0.2, -0.15) is 0 Å². The molecule has 13 N–H and O–H groups in total. The van der Waals surface area contributed by atoms with Gasteiger partial charge >= 0.3 is 5.97 Å². The summed E-state index contributed by atoms with van der Waals surface area (Å²) >= 11 is 0. The van der Waals surface area contributed by atoms with Crippen LogP contribution in [0.4, 0.5) is 0 Å². The number of carbonyl (C=O) groups is 5. The first-order valence-electron chi connectivity index (χ1n) is 14.2. The molecule has 0 aliphatic carbocycles. The maximum atomic E-state index is 13.5. The zero-order chi connectivity index (χ0) is 31.8. The van der Waals surface area contributed by atoms with Crippen LogP contribution >= 0.6 is 0 Å². The van der Waals surface area contributed by atoms with Gasteiger partial charge in [-0.1, -0.05) is 36.8 Å². The average molecular weight is 606 g/mol. The highest BCUT2D eigenvalue weighted by atomic mass is 16.4. The molecule has 0 bridgehead atoms. The molecule has 1 aromatic rings. The van der Waals surface area contributed by atoms with Gasteiger partial charge in [0.2, 0.25) is 23.6 Å². The van der Waals surface area contributed by atoms with Crippen molar-refractivity contribution >= 4 is 35.6 Å². The van der Waals surface area contributed by atoms with Gasteiger partial charge in [-0.3, -0.25) is 34.7 Å². The van der Waals surface area contributed by atoms with Gasteiger partial charge < -0.3 is 48.3 Å². The maximum absolute atomic E-state index is 13.5. The first-order valence-corrected chi connectivity index (χ1v) is 14.2. The van der Waals surface area contributed by atoms with Crippen molar-refractivity contribution in [3.8, 4) is 0 Å². The van der Waals surface area contributed by atoms with E-state index in [1.807, 2.05) is 0 Å². The summed E-state index contributed by atoms with van der Waals surface area (Å²) in [7, 11) is 0. The first kappa shape index (κ1) is 34.9. The van der Waals surface area contributed by atoms with Crippen molar-refractivity contribution in [2.24, 2.45) is 11.5 Å². The Hall–Kier alpha value is -4.28. The summed E-state index contributed by atoms with van der Waals surface area (Å²) in [6.07, 6.45) is -0.325. The lowest BCUT2D eigenvalue weighted by Gasteiger charge is -2.30. The van der Waals surface area contributed by atoms with E-state index in [4.69, 9.17) is 16.9 Å². The fraction of sp³-hybridized carbons (Fsp3) is 0.556. The van der Waals surface area contributed by atoms with Crippen LogP contribution in [0.1, 0.15) is 44.1 Å². The third kappa shape index (κ3) is 13.1. The van der Waals surface area contributed by atoms with Crippen LogP contribution in [0.25, 0.3) is 0 Å². The molecule has 1 aliphatic heterocycles. The number of carbonyl (C=O) groups excluding carboxylic acids is 4. The summed E-state index contributed by atoms with van der Waals surface area (Å²) in [5.41, 5.74) is 11.7. The highest BCUT2D eigenvalue weighted by Crippen LogP contribution is 2.10. The van der Waals surface area contributed by atoms with Crippen molar-refractivity contribution in [3.63, 3.8) is 0 Å². The molecule has 0 spiro atoms. The van der Waals surface area contributed by atoms with E-state index in [2.05, 4.69) is 31.9 Å². The number of carboxylic acid groups (broad SMARTS) is 1. The number of aliphatic carboxylic acids is 1. The van der Waals surface area contributed by atoms with Crippen LogP contribution in [-0.2, 0) is 30.4 Å². The largest absolute Gasteiger partial charge is 0.481 e. The summed E-state index contributed by atoms with van der Waals surface area (Å²) in [4.78, 5) is 63.8. The van der Waals surface area contributed by atoms with Gasteiger partial charge in [-0.25, -0.2) is 0 Å². The van der Waals surface area contributed by atoms with Crippen molar-refractivity contribution < 1.29 is 34.2 Å². The highest BCUT2D eigenvalue weighted by Gasteiger charge is 2.33. The smallest absolute Gasteiger partial charge is 0.305 e. The van der Waals surface area contributed by atoms with Crippen LogP contribution in [0.2, 0.25) is 0 Å². The Bertz CT molecular complexity index is 1110. The van der Waals surface area contributed by atoms with E-state index in [9.17, 15) is 34.2 Å². The minimum absolute atomic E-state index is 0.109. The lowest BCUT2D eigenvalue weighted by atomic mass is 10.0. The van der Waals surface area contributed by atoms with E-state index in [1.165, 1.54) is 0 Å². The number of guanidine groups is 1. The van der Waals surface area contributed by atoms with Crippen LogP contribution in [0, 0.1) is 5.41 Å². The van der Waals surface area contributed by atoms with E-state index in [0.717, 1.165) is 5.56 Å². The Labute approximate surface area is 249 Å². The van der Waals surface area contributed by atoms with Gasteiger partial charge in [0, 0.05) is 6.54 Å². The van der Waals surface area contributed by atoms with Crippen LogP contribution in [0.15, 0.2) is 30.3 Å². The number of aliphatic hydroxyl groups excluding tert-OH is 1. The van der Waals surface area contributed by atoms with Gasteiger partial charge in [0.05, 0.1) is 25.0 Å². The summed E-state index contributed by atoms with van der Waals surface area (Å²) in [5.74, 6) is -4.58. The molecule has 16 heteroatoms. The average Bonchev–Trinajstić information content (AvgIpc) is 2.95. The van der Waals surface area contributed by atoms with E-state index < -0.39 is 73.0 Å². The summed E-state index contributed by atoms with van der Waals surface area (Å²) in [6.45, 7) is 0.0382. The molecule has 16 nitrogen and oxygen atoms in total. The predicted octanol–water partition coefficient (Wildman–Crippen LogP) is -3.04. The van der Waals surface area contributed by atoms with Gasteiger partial charge in [-0.15, -0.1) is 0 Å². The monoisotopic (exact) mass is 605 g/mol. The summed E-state index contributed by atoms with van der Waals surface area (Å²) in [6, 6.07) is 4.26. The maximum Gasteiger partial charge on any atom is 0.305 e. The van der Waals surface area contributed by atoms with Crippen LogP contribution in [0.5, 0.6) is 0 Å². The zero-order valence-corrected chi connectivity index (χ0v) is 23.9. The summed E-state index contributed by atoms with van der Waals surface area (Å²) in [5, 5.41) is 43.4. The lowest BCUT2D eigenvalue weighted by molar-refractivity contribution is -0.141. The second kappa shape index (κ2) is 18.3. The SMILES string of the molecule is N=C(N)NCCC[C@@H]1NC(=O)[C@@H](CCCCN)NC(O)[C@H](Cc2ccccc2)NC(=O)[C@H](CC(=O)O)NC(=O)CNC1=O. The number of hydrogen-bond donors (Lipinski definition) is 11. The molecule has 0 radical (unpaired) electrons. The van der Waals surface area contributed by atoms with Gasteiger partial charge in [0.15, 0.2) is 5.96 Å². The molecule has 1 unspecified atom stereocenters. The normalized spacial score (nSPS) is 23.9. The van der Waals surface area contributed by atoms with Gasteiger partial charge in [0.1, 0.15) is 18.3 Å². The van der Waals surface area contributed by atoms with E-state index in [1.54, 1.807) is 30.3 Å². The number of nitrogens with one attached hydrogen (secondary N) is 7. The number of benzene rings is 1. The zero-order valence-electron chi connectivity index (χ0n) is 23.9. The molecule has 1 fully saturated rings. The second-order valence-electron chi connectivity index (χ2n) is 10.2. The number of carboxylic acids is 1. The Kier molecular flexibility index (Phi) is 14.9. The van der Waals surface area contributed by atoms with Crippen LogP contribution in [0.3, 0.4) is 0 Å². The topological polar surface area (TPSA) is 274 Å². The number of amides is 4. The molecule has 1 aromatic carbocycles. The molecule has 238 valence electrons. The molecule has 2 rings (SSSR count). The summed E-state index contributed by atoms with van der Waals surface area (Å²) < 4.78 is 0. The molecule has 4 amide bonds. The number of aliphatic hydroxyl groups is 1. The second-order valence-corrected chi connectivity index (χ2v) is 10.2. The number of nitrogens with two attached hydrogens (primary N) is 2. The van der Waals surface area contributed by atoms with Crippen molar-refractivity contribution in [1.29, 1.82) is 5.41 Å². The van der Waals surface area contributed by atoms with Gasteiger partial charge in [-0.05, 0) is 44.2 Å². The lowest BCUT2D eigenvalue weighted by Crippen LogP contribution is -2.60.